The van der Waals surface area contributed by atoms with Crippen molar-refractivity contribution in [3.8, 4) is 5.75 Å². The number of aliphatic imine (C=N–C) groups is 1. The Kier molecular flexibility index (Phi) is 6.57. The summed E-state index contributed by atoms with van der Waals surface area (Å²) < 4.78 is 10.6. The largest absolute Gasteiger partial charge is 0.497 e. The number of guanidine groups is 1. The van der Waals surface area contributed by atoms with Gasteiger partial charge in [0.25, 0.3) is 0 Å². The van der Waals surface area contributed by atoms with Crippen molar-refractivity contribution in [2.45, 2.75) is 46.1 Å². The lowest BCUT2D eigenvalue weighted by atomic mass is 9.80. The number of benzene rings is 1. The molecule has 0 unspecified atom stereocenters. The van der Waals surface area contributed by atoms with Crippen LogP contribution in [0.15, 0.2) is 29.3 Å². The maximum atomic E-state index is 12.2. The molecule has 2 rings (SSSR count). The van der Waals surface area contributed by atoms with Crippen molar-refractivity contribution in [2.75, 3.05) is 32.1 Å². The van der Waals surface area contributed by atoms with Gasteiger partial charge in [0, 0.05) is 25.3 Å². The van der Waals surface area contributed by atoms with Gasteiger partial charge in [-0.25, -0.2) is 4.79 Å². The fourth-order valence-electron chi connectivity index (χ4n) is 2.85. The van der Waals surface area contributed by atoms with Crippen molar-refractivity contribution in [3.05, 3.63) is 24.3 Å². The van der Waals surface area contributed by atoms with E-state index in [1.807, 2.05) is 45.0 Å². The second kappa shape index (κ2) is 8.50. The molecule has 7 nitrogen and oxygen atoms in total. The first-order chi connectivity index (χ1) is 12.6. The summed E-state index contributed by atoms with van der Waals surface area (Å²) in [5, 5.41) is 3.09. The number of carbonyl (C=O) groups excluding carboxylic acids is 1. The Hall–Kier alpha value is -2.44. The van der Waals surface area contributed by atoms with Crippen molar-refractivity contribution in [1.82, 2.24) is 4.90 Å². The molecule has 0 aromatic heterocycles. The standard InChI is InChI=1S/C20H32N4O3/c1-19(2,3)27-18(25)24-12-10-20(4,11-13-24)14-22-17(21)23-15-6-8-16(26-5)9-7-15/h6-9H,10-14H2,1-5H3,(H3,21,22,23). The lowest BCUT2D eigenvalue weighted by molar-refractivity contribution is 0.0127. The first-order valence-electron chi connectivity index (χ1n) is 9.29. The van der Waals surface area contributed by atoms with Crippen LogP contribution in [0, 0.1) is 5.41 Å². The predicted molar refractivity (Wildman–Crippen MR) is 108 cm³/mol. The average molecular weight is 377 g/mol. The zero-order valence-corrected chi connectivity index (χ0v) is 17.0. The number of carbonyl (C=O) groups is 1. The third-order valence-electron chi connectivity index (χ3n) is 4.62. The molecule has 1 amide bonds. The molecular weight excluding hydrogens is 344 g/mol. The number of hydrogen-bond donors (Lipinski definition) is 2. The summed E-state index contributed by atoms with van der Waals surface area (Å²) in [7, 11) is 1.63. The molecule has 150 valence electrons. The monoisotopic (exact) mass is 376 g/mol. The molecule has 1 aromatic carbocycles. The summed E-state index contributed by atoms with van der Waals surface area (Å²) >= 11 is 0. The first-order valence-corrected chi connectivity index (χ1v) is 9.29. The molecular formula is C20H32N4O3. The Labute approximate surface area is 161 Å². The van der Waals surface area contributed by atoms with Gasteiger partial charge < -0.3 is 25.4 Å². The number of methoxy groups -OCH3 is 1. The highest BCUT2D eigenvalue weighted by molar-refractivity contribution is 5.92. The number of anilines is 1. The third kappa shape index (κ3) is 6.66. The number of nitrogens with zero attached hydrogens (tertiary/aromatic N) is 2. The van der Waals surface area contributed by atoms with Gasteiger partial charge in [-0.05, 0) is 63.3 Å². The second-order valence-electron chi connectivity index (χ2n) is 8.33. The summed E-state index contributed by atoms with van der Waals surface area (Å²) in [4.78, 5) is 18.5. The maximum absolute atomic E-state index is 12.2. The molecule has 27 heavy (non-hydrogen) atoms. The highest BCUT2D eigenvalue weighted by Gasteiger charge is 2.33. The van der Waals surface area contributed by atoms with Gasteiger partial charge in [0.05, 0.1) is 7.11 Å². The van der Waals surface area contributed by atoms with E-state index in [-0.39, 0.29) is 11.5 Å². The molecule has 3 N–H and O–H groups in total. The molecule has 0 bridgehead atoms. The zero-order chi connectivity index (χ0) is 20.1. The van der Waals surface area contributed by atoms with E-state index < -0.39 is 5.60 Å². The molecule has 1 aliphatic heterocycles. The fraction of sp³-hybridized carbons (Fsp3) is 0.600. The number of likely N-dealkylation sites (tertiary alicyclic amines) is 1. The Morgan fingerprint density at radius 3 is 2.37 bits per heavy atom. The number of hydrogen-bond acceptors (Lipinski definition) is 4. The van der Waals surface area contributed by atoms with Gasteiger partial charge in [0.1, 0.15) is 11.4 Å². The van der Waals surface area contributed by atoms with Crippen LogP contribution in [0.4, 0.5) is 10.5 Å². The summed E-state index contributed by atoms with van der Waals surface area (Å²) in [6, 6.07) is 7.51. The average Bonchev–Trinajstić information content (AvgIpc) is 2.60. The molecule has 0 saturated carbocycles. The van der Waals surface area contributed by atoms with Crippen LogP contribution in [-0.2, 0) is 4.74 Å². The van der Waals surface area contributed by atoms with Crippen molar-refractivity contribution >= 4 is 17.7 Å². The van der Waals surface area contributed by atoms with E-state index in [0.29, 0.717) is 25.6 Å². The summed E-state index contributed by atoms with van der Waals surface area (Å²) in [6.45, 7) is 9.79. The van der Waals surface area contributed by atoms with Crippen molar-refractivity contribution in [3.63, 3.8) is 0 Å². The van der Waals surface area contributed by atoms with Crippen LogP contribution >= 0.6 is 0 Å². The fourth-order valence-corrected chi connectivity index (χ4v) is 2.85. The molecule has 0 radical (unpaired) electrons. The molecule has 7 heteroatoms. The smallest absolute Gasteiger partial charge is 0.410 e. The van der Waals surface area contributed by atoms with Crippen LogP contribution in [0.2, 0.25) is 0 Å². The molecule has 0 aliphatic carbocycles. The van der Waals surface area contributed by atoms with E-state index in [1.54, 1.807) is 12.0 Å². The maximum Gasteiger partial charge on any atom is 0.410 e. The van der Waals surface area contributed by atoms with E-state index >= 15 is 0 Å². The minimum Gasteiger partial charge on any atom is -0.497 e. The number of ether oxygens (including phenoxy) is 2. The highest BCUT2D eigenvalue weighted by atomic mass is 16.6. The zero-order valence-electron chi connectivity index (χ0n) is 17.0. The number of nitrogens with two attached hydrogens (primary N) is 1. The minimum absolute atomic E-state index is 0.0186. The van der Waals surface area contributed by atoms with Gasteiger partial charge in [-0.3, -0.25) is 4.99 Å². The van der Waals surface area contributed by atoms with E-state index in [1.165, 1.54) is 0 Å². The van der Waals surface area contributed by atoms with E-state index in [2.05, 4.69) is 17.2 Å². The topological polar surface area (TPSA) is 89.2 Å². The van der Waals surface area contributed by atoms with Gasteiger partial charge >= 0.3 is 6.09 Å². The van der Waals surface area contributed by atoms with Crippen LogP contribution < -0.4 is 15.8 Å². The number of piperidine rings is 1. The van der Waals surface area contributed by atoms with E-state index in [4.69, 9.17) is 15.2 Å². The second-order valence-corrected chi connectivity index (χ2v) is 8.33. The van der Waals surface area contributed by atoms with Gasteiger partial charge in [0.2, 0.25) is 0 Å². The summed E-state index contributed by atoms with van der Waals surface area (Å²) in [5.41, 5.74) is 6.43. The molecule has 1 aromatic rings. The van der Waals surface area contributed by atoms with Crippen molar-refractivity contribution in [2.24, 2.45) is 16.1 Å². The van der Waals surface area contributed by atoms with Crippen molar-refractivity contribution < 1.29 is 14.3 Å². The normalized spacial score (nSPS) is 17.4. The molecule has 0 atom stereocenters. The minimum atomic E-state index is -0.469. The van der Waals surface area contributed by atoms with E-state index in [9.17, 15) is 4.79 Å². The van der Waals surface area contributed by atoms with Gasteiger partial charge in [-0.15, -0.1) is 0 Å². The van der Waals surface area contributed by atoms with Gasteiger partial charge in [0.15, 0.2) is 5.96 Å². The molecule has 1 fully saturated rings. The number of rotatable bonds is 4. The van der Waals surface area contributed by atoms with Crippen LogP contribution in [0.5, 0.6) is 5.75 Å². The number of amides is 1. The molecule has 1 heterocycles. The Morgan fingerprint density at radius 2 is 1.85 bits per heavy atom. The molecule has 0 spiro atoms. The Morgan fingerprint density at radius 1 is 1.26 bits per heavy atom. The molecule has 1 aliphatic rings. The number of nitrogens with one attached hydrogen (secondary N) is 1. The summed E-state index contributed by atoms with van der Waals surface area (Å²) in [6.07, 6.45) is 1.49. The summed E-state index contributed by atoms with van der Waals surface area (Å²) in [5.74, 6) is 1.18. The van der Waals surface area contributed by atoms with Crippen LogP contribution in [0.25, 0.3) is 0 Å². The molecule has 1 saturated heterocycles. The Balaban J connectivity index is 1.84. The predicted octanol–water partition coefficient (Wildman–Crippen LogP) is 3.46. The third-order valence-corrected chi connectivity index (χ3v) is 4.62. The van der Waals surface area contributed by atoms with Crippen LogP contribution in [0.3, 0.4) is 0 Å². The van der Waals surface area contributed by atoms with Gasteiger partial charge in [-0.2, -0.15) is 0 Å². The van der Waals surface area contributed by atoms with Crippen LogP contribution in [0.1, 0.15) is 40.5 Å². The van der Waals surface area contributed by atoms with E-state index in [0.717, 1.165) is 24.3 Å². The lowest BCUT2D eigenvalue weighted by Crippen LogP contribution is -2.45. The highest BCUT2D eigenvalue weighted by Crippen LogP contribution is 2.31. The lowest BCUT2D eigenvalue weighted by Gasteiger charge is -2.38. The SMILES string of the molecule is COc1ccc(NC(N)=NCC2(C)CCN(C(=O)OC(C)(C)C)CC2)cc1. The quantitative estimate of drug-likeness (QED) is 0.620. The van der Waals surface area contributed by atoms with Crippen molar-refractivity contribution in [1.29, 1.82) is 0 Å². The van der Waals surface area contributed by atoms with Gasteiger partial charge in [-0.1, -0.05) is 6.92 Å². The van der Waals surface area contributed by atoms with Crippen LogP contribution in [-0.4, -0.2) is 49.3 Å². The Bertz CT molecular complexity index is 657. The first kappa shape index (κ1) is 20.9.